The molecule has 3 rings (SSSR count). The van der Waals surface area contributed by atoms with Crippen LogP contribution in [0.2, 0.25) is 0 Å². The van der Waals surface area contributed by atoms with Crippen molar-refractivity contribution < 1.29 is 4.39 Å². The van der Waals surface area contributed by atoms with Gasteiger partial charge in [0, 0.05) is 12.2 Å². The van der Waals surface area contributed by atoms with E-state index in [1.54, 1.807) is 12.3 Å². The van der Waals surface area contributed by atoms with E-state index >= 15 is 0 Å². The van der Waals surface area contributed by atoms with Gasteiger partial charge >= 0.3 is 0 Å². The molecule has 1 N–H and O–H groups in total. The summed E-state index contributed by atoms with van der Waals surface area (Å²) in [6.45, 7) is 1.10. The summed E-state index contributed by atoms with van der Waals surface area (Å²) in [4.78, 5) is 3.93. The average molecular weight is 232 g/mol. The van der Waals surface area contributed by atoms with E-state index in [0.29, 0.717) is 6.04 Å². The summed E-state index contributed by atoms with van der Waals surface area (Å²) in [7, 11) is 0. The monoisotopic (exact) mass is 232 g/mol. The number of rotatable bonds is 1. The second-order valence-corrected chi connectivity index (χ2v) is 5.00. The van der Waals surface area contributed by atoms with Crippen LogP contribution >= 0.6 is 0 Å². The van der Waals surface area contributed by atoms with Gasteiger partial charge in [-0.2, -0.15) is 0 Å². The summed E-state index contributed by atoms with van der Waals surface area (Å²) in [6.07, 6.45) is 10.2. The van der Waals surface area contributed by atoms with Gasteiger partial charge in [0.1, 0.15) is 5.82 Å². The molecule has 3 heteroatoms. The highest BCUT2D eigenvalue weighted by Crippen LogP contribution is 2.34. The minimum absolute atomic E-state index is 0.248. The van der Waals surface area contributed by atoms with Crippen LogP contribution in [-0.4, -0.2) is 17.6 Å². The van der Waals surface area contributed by atoms with Gasteiger partial charge in [0.15, 0.2) is 0 Å². The van der Waals surface area contributed by atoms with Crippen molar-refractivity contribution >= 4 is 5.57 Å². The number of halogens is 1. The lowest BCUT2D eigenvalue weighted by Crippen LogP contribution is -2.41. The van der Waals surface area contributed by atoms with Crippen LogP contribution in [0.4, 0.5) is 4.39 Å². The largest absolute Gasteiger partial charge is 0.310 e. The van der Waals surface area contributed by atoms with Gasteiger partial charge < -0.3 is 5.32 Å². The van der Waals surface area contributed by atoms with E-state index < -0.39 is 0 Å². The number of nitrogens with one attached hydrogen (secondary N) is 1. The fraction of sp³-hybridized carbons (Fsp3) is 0.500. The number of allylic oxidation sites excluding steroid dienone is 1. The highest BCUT2D eigenvalue weighted by molar-refractivity contribution is 5.66. The van der Waals surface area contributed by atoms with Crippen LogP contribution in [-0.2, 0) is 0 Å². The lowest BCUT2D eigenvalue weighted by molar-refractivity contribution is 0.298. The van der Waals surface area contributed by atoms with Crippen molar-refractivity contribution in [1.82, 2.24) is 10.3 Å². The van der Waals surface area contributed by atoms with Gasteiger partial charge in [-0.15, -0.1) is 0 Å². The number of pyridine rings is 1. The van der Waals surface area contributed by atoms with Crippen LogP contribution in [0, 0.1) is 11.7 Å². The Morgan fingerprint density at radius 2 is 2.24 bits per heavy atom. The molecule has 1 aromatic rings. The van der Waals surface area contributed by atoms with E-state index in [1.165, 1.54) is 31.0 Å². The lowest BCUT2D eigenvalue weighted by atomic mass is 9.79. The van der Waals surface area contributed by atoms with Crippen LogP contribution in [0.5, 0.6) is 0 Å². The minimum atomic E-state index is -0.248. The van der Waals surface area contributed by atoms with E-state index in [1.807, 2.05) is 0 Å². The first kappa shape index (κ1) is 10.9. The van der Waals surface area contributed by atoms with Crippen LogP contribution in [0.25, 0.3) is 5.57 Å². The second-order valence-electron chi connectivity index (χ2n) is 5.00. The van der Waals surface area contributed by atoms with Crippen molar-refractivity contribution in [1.29, 1.82) is 0 Å². The molecule has 1 aliphatic carbocycles. The Kier molecular flexibility index (Phi) is 2.93. The van der Waals surface area contributed by atoms with Crippen LogP contribution in [0.3, 0.4) is 0 Å². The molecule has 17 heavy (non-hydrogen) atoms. The molecule has 1 fully saturated rings. The zero-order chi connectivity index (χ0) is 11.7. The molecule has 1 saturated heterocycles. The predicted octanol–water partition coefficient (Wildman–Crippen LogP) is 2.77. The molecule has 2 atom stereocenters. The first-order chi connectivity index (χ1) is 8.33. The summed E-state index contributed by atoms with van der Waals surface area (Å²) < 4.78 is 13.1. The number of hydrogen-bond acceptors (Lipinski definition) is 2. The Bertz CT molecular complexity index is 442. The maximum Gasteiger partial charge on any atom is 0.142 e. The van der Waals surface area contributed by atoms with Crippen LogP contribution < -0.4 is 5.32 Å². The molecule has 0 bridgehead atoms. The molecule has 2 aliphatic rings. The molecule has 2 nitrogen and oxygen atoms in total. The highest BCUT2D eigenvalue weighted by atomic mass is 19.1. The zero-order valence-electron chi connectivity index (χ0n) is 9.82. The predicted molar refractivity (Wildman–Crippen MR) is 65.9 cm³/mol. The number of nitrogens with zero attached hydrogens (tertiary/aromatic N) is 1. The topological polar surface area (TPSA) is 24.9 Å². The molecular formula is C14H17FN2. The van der Waals surface area contributed by atoms with Gasteiger partial charge in [-0.05, 0) is 55.3 Å². The third-order valence-corrected chi connectivity index (χ3v) is 3.88. The standard InChI is InChI=1S/C14H17FN2/c15-13-6-12(8-16-9-13)11-4-3-10-2-1-5-17-14(10)7-11/h6-10,14,17H,1-5H2/t10-,14+/m0/s1. The molecule has 0 saturated carbocycles. The number of aromatic nitrogens is 1. The third-order valence-electron chi connectivity index (χ3n) is 3.88. The molecule has 1 aliphatic heterocycles. The summed E-state index contributed by atoms with van der Waals surface area (Å²) in [5, 5.41) is 3.54. The van der Waals surface area contributed by atoms with Gasteiger partial charge in [0.25, 0.3) is 0 Å². The smallest absolute Gasteiger partial charge is 0.142 e. The zero-order valence-corrected chi connectivity index (χ0v) is 9.82. The number of hydrogen-bond donors (Lipinski definition) is 1. The van der Waals surface area contributed by atoms with E-state index in [9.17, 15) is 4.39 Å². The van der Waals surface area contributed by atoms with Crippen LogP contribution in [0.15, 0.2) is 24.5 Å². The Hall–Kier alpha value is -1.22. The maximum atomic E-state index is 13.1. The molecule has 0 aromatic carbocycles. The van der Waals surface area contributed by atoms with Crippen molar-refractivity contribution in [3.8, 4) is 0 Å². The minimum Gasteiger partial charge on any atom is -0.310 e. The Labute approximate surface area is 101 Å². The Morgan fingerprint density at radius 1 is 1.29 bits per heavy atom. The summed E-state index contributed by atoms with van der Waals surface area (Å²) in [5.74, 6) is 0.524. The summed E-state index contributed by atoms with van der Waals surface area (Å²) in [6, 6.07) is 2.07. The van der Waals surface area contributed by atoms with Crippen molar-refractivity contribution in [3.05, 3.63) is 35.9 Å². The lowest BCUT2D eigenvalue weighted by Gasteiger charge is -2.35. The van der Waals surface area contributed by atoms with Crippen molar-refractivity contribution in [2.24, 2.45) is 5.92 Å². The number of fused-ring (bicyclic) bond motifs is 1. The summed E-state index contributed by atoms with van der Waals surface area (Å²) in [5.41, 5.74) is 2.18. The van der Waals surface area contributed by atoms with Gasteiger partial charge in [-0.3, -0.25) is 4.98 Å². The maximum absolute atomic E-state index is 13.1. The Balaban J connectivity index is 1.86. The quantitative estimate of drug-likeness (QED) is 0.805. The molecule has 1 aromatic heterocycles. The molecule has 0 spiro atoms. The first-order valence-corrected chi connectivity index (χ1v) is 6.38. The van der Waals surface area contributed by atoms with Gasteiger partial charge in [-0.25, -0.2) is 4.39 Å². The van der Waals surface area contributed by atoms with E-state index in [4.69, 9.17) is 0 Å². The molecule has 0 unspecified atom stereocenters. The van der Waals surface area contributed by atoms with Crippen LogP contribution in [0.1, 0.15) is 31.2 Å². The molecule has 90 valence electrons. The third kappa shape index (κ3) is 2.25. The first-order valence-electron chi connectivity index (χ1n) is 6.38. The number of piperidine rings is 1. The van der Waals surface area contributed by atoms with Crippen molar-refractivity contribution in [3.63, 3.8) is 0 Å². The fourth-order valence-electron chi connectivity index (χ4n) is 2.97. The highest BCUT2D eigenvalue weighted by Gasteiger charge is 2.27. The van der Waals surface area contributed by atoms with Gasteiger partial charge in [-0.1, -0.05) is 6.08 Å². The SMILES string of the molecule is Fc1cncc(C2=C[C@H]3NCCC[C@H]3CC2)c1. The molecule has 0 radical (unpaired) electrons. The fourth-order valence-corrected chi connectivity index (χ4v) is 2.97. The van der Waals surface area contributed by atoms with Gasteiger partial charge in [0.2, 0.25) is 0 Å². The Morgan fingerprint density at radius 3 is 3.12 bits per heavy atom. The van der Waals surface area contributed by atoms with Crippen molar-refractivity contribution in [2.75, 3.05) is 6.54 Å². The normalized spacial score (nSPS) is 28.4. The van der Waals surface area contributed by atoms with E-state index in [2.05, 4.69) is 16.4 Å². The molecule has 0 amide bonds. The molecule has 2 heterocycles. The van der Waals surface area contributed by atoms with E-state index in [-0.39, 0.29) is 5.82 Å². The molecular weight excluding hydrogens is 215 g/mol. The van der Waals surface area contributed by atoms with E-state index in [0.717, 1.165) is 24.4 Å². The average Bonchev–Trinajstić information content (AvgIpc) is 2.38. The van der Waals surface area contributed by atoms with Gasteiger partial charge in [0.05, 0.1) is 6.20 Å². The second kappa shape index (κ2) is 4.57. The van der Waals surface area contributed by atoms with Crippen molar-refractivity contribution in [2.45, 2.75) is 31.7 Å². The summed E-state index contributed by atoms with van der Waals surface area (Å²) >= 11 is 0.